The highest BCUT2D eigenvalue weighted by atomic mass is 19.1. The Morgan fingerprint density at radius 3 is 2.50 bits per heavy atom. The van der Waals surface area contributed by atoms with Gasteiger partial charge in [-0.2, -0.15) is 5.26 Å². The van der Waals surface area contributed by atoms with Gasteiger partial charge in [-0.25, -0.2) is 9.18 Å². The highest BCUT2D eigenvalue weighted by Gasteiger charge is 2.21. The van der Waals surface area contributed by atoms with Crippen LogP contribution in [0.3, 0.4) is 0 Å². The summed E-state index contributed by atoms with van der Waals surface area (Å²) in [5.74, 6) is -1.61. The molecule has 0 saturated heterocycles. The fraction of sp³-hybridized carbons (Fsp3) is 0.190. The lowest BCUT2D eigenvalue weighted by Gasteiger charge is -2.13. The maximum atomic E-state index is 13.6. The van der Waals surface area contributed by atoms with Gasteiger partial charge < -0.3 is 14.8 Å². The van der Waals surface area contributed by atoms with E-state index in [0.29, 0.717) is 17.9 Å². The van der Waals surface area contributed by atoms with Crippen molar-refractivity contribution in [1.29, 1.82) is 5.26 Å². The van der Waals surface area contributed by atoms with Crippen LogP contribution >= 0.6 is 0 Å². The monoisotopic (exact) mass is 382 g/mol. The van der Waals surface area contributed by atoms with Gasteiger partial charge in [0.05, 0.1) is 12.3 Å². The van der Waals surface area contributed by atoms with Crippen molar-refractivity contribution >= 4 is 23.6 Å². The summed E-state index contributed by atoms with van der Waals surface area (Å²) < 4.78 is 23.9. The Morgan fingerprint density at radius 1 is 1.21 bits per heavy atom. The predicted octanol–water partition coefficient (Wildman–Crippen LogP) is 3.70. The van der Waals surface area contributed by atoms with Gasteiger partial charge in [0.1, 0.15) is 23.2 Å². The molecule has 144 valence electrons. The van der Waals surface area contributed by atoms with Gasteiger partial charge in [0.15, 0.2) is 6.10 Å². The summed E-state index contributed by atoms with van der Waals surface area (Å²) in [6.45, 7) is 3.72. The number of rotatable bonds is 7. The number of benzene rings is 2. The second-order valence-corrected chi connectivity index (χ2v) is 5.69. The highest BCUT2D eigenvalue weighted by Crippen LogP contribution is 2.16. The summed E-state index contributed by atoms with van der Waals surface area (Å²) in [7, 11) is 0. The fourth-order valence-corrected chi connectivity index (χ4v) is 2.20. The summed E-state index contributed by atoms with van der Waals surface area (Å²) in [5.41, 5.74) is 0.302. The van der Waals surface area contributed by atoms with Crippen molar-refractivity contribution in [3.8, 4) is 11.8 Å². The lowest BCUT2D eigenvalue weighted by atomic mass is 10.1. The Kier molecular flexibility index (Phi) is 7.28. The molecule has 1 amide bonds. The van der Waals surface area contributed by atoms with E-state index in [1.54, 1.807) is 36.4 Å². The third-order valence-corrected chi connectivity index (χ3v) is 3.63. The van der Waals surface area contributed by atoms with Gasteiger partial charge in [-0.15, -0.1) is 0 Å². The summed E-state index contributed by atoms with van der Waals surface area (Å²) in [6, 6.07) is 14.2. The number of hydrogen-bond donors (Lipinski definition) is 1. The molecule has 1 N–H and O–H groups in total. The number of nitrogens with one attached hydrogen (secondary N) is 1. The lowest BCUT2D eigenvalue weighted by Crippen LogP contribution is -2.30. The van der Waals surface area contributed by atoms with Crippen LogP contribution in [0.1, 0.15) is 19.4 Å². The number of carbonyl (C=O) groups excluding carboxylic acids is 2. The number of halogens is 1. The average molecular weight is 382 g/mol. The molecule has 0 heterocycles. The second kappa shape index (κ2) is 9.88. The zero-order valence-electron chi connectivity index (χ0n) is 15.4. The van der Waals surface area contributed by atoms with E-state index < -0.39 is 23.8 Å². The molecule has 0 aliphatic heterocycles. The van der Waals surface area contributed by atoms with E-state index in [1.165, 1.54) is 31.2 Å². The topological polar surface area (TPSA) is 88.4 Å². The Labute approximate surface area is 162 Å². The van der Waals surface area contributed by atoms with Crippen molar-refractivity contribution < 1.29 is 23.5 Å². The number of anilines is 1. The van der Waals surface area contributed by atoms with E-state index in [2.05, 4.69) is 5.32 Å². The van der Waals surface area contributed by atoms with Crippen LogP contribution < -0.4 is 10.1 Å². The van der Waals surface area contributed by atoms with Crippen molar-refractivity contribution in [1.82, 2.24) is 0 Å². The minimum atomic E-state index is -1.22. The quantitative estimate of drug-likeness (QED) is 0.448. The lowest BCUT2D eigenvalue weighted by molar-refractivity contribution is -0.148. The number of para-hydroxylation sites is 1. The Hall–Kier alpha value is -3.66. The van der Waals surface area contributed by atoms with Crippen LogP contribution in [-0.2, 0) is 14.3 Å². The molecule has 0 saturated carbocycles. The number of hydrogen-bond acceptors (Lipinski definition) is 5. The molecule has 0 aliphatic rings. The van der Waals surface area contributed by atoms with Crippen LogP contribution in [0.15, 0.2) is 54.1 Å². The van der Waals surface area contributed by atoms with E-state index in [0.717, 1.165) is 0 Å². The molecule has 7 heteroatoms. The smallest absolute Gasteiger partial charge is 0.349 e. The SMILES string of the molecule is CCOc1ccc(/C=C(\C#N)C(=O)O[C@@H](C)C(=O)Nc2ccccc2F)cc1. The largest absolute Gasteiger partial charge is 0.494 e. The van der Waals surface area contributed by atoms with Crippen molar-refractivity contribution in [2.75, 3.05) is 11.9 Å². The van der Waals surface area contributed by atoms with Gasteiger partial charge in [-0.05, 0) is 49.8 Å². The minimum absolute atomic E-state index is 0.0270. The second-order valence-electron chi connectivity index (χ2n) is 5.69. The van der Waals surface area contributed by atoms with Crippen LogP contribution in [0.5, 0.6) is 5.75 Å². The fourth-order valence-electron chi connectivity index (χ4n) is 2.20. The molecule has 28 heavy (non-hydrogen) atoms. The summed E-state index contributed by atoms with van der Waals surface area (Å²) in [5, 5.41) is 11.6. The summed E-state index contributed by atoms with van der Waals surface area (Å²) >= 11 is 0. The first-order chi connectivity index (χ1) is 13.4. The Bertz CT molecular complexity index is 917. The molecular weight excluding hydrogens is 363 g/mol. The molecule has 1 atom stereocenters. The first kappa shape index (κ1) is 20.6. The van der Waals surface area contributed by atoms with E-state index in [1.807, 2.05) is 6.92 Å². The van der Waals surface area contributed by atoms with Crippen molar-refractivity contribution in [3.63, 3.8) is 0 Å². The van der Waals surface area contributed by atoms with Crippen LogP contribution in [0.2, 0.25) is 0 Å². The van der Waals surface area contributed by atoms with Crippen LogP contribution in [-0.4, -0.2) is 24.6 Å². The third kappa shape index (κ3) is 5.68. The van der Waals surface area contributed by atoms with Gasteiger partial charge in [0.2, 0.25) is 0 Å². The standard InChI is InChI=1S/C21H19FN2O4/c1-3-27-17-10-8-15(9-11-17)12-16(13-23)21(26)28-14(2)20(25)24-19-7-5-4-6-18(19)22/h4-12,14H,3H2,1-2H3,(H,24,25)/b16-12+/t14-/m0/s1. The minimum Gasteiger partial charge on any atom is -0.494 e. The number of nitriles is 1. The van der Waals surface area contributed by atoms with Crippen molar-refractivity contribution in [2.24, 2.45) is 0 Å². The molecule has 6 nitrogen and oxygen atoms in total. The normalized spacial score (nSPS) is 11.9. The highest BCUT2D eigenvalue weighted by molar-refractivity contribution is 6.01. The molecule has 0 bridgehead atoms. The third-order valence-electron chi connectivity index (χ3n) is 3.63. The Balaban J connectivity index is 2.03. The number of ether oxygens (including phenoxy) is 2. The maximum Gasteiger partial charge on any atom is 0.349 e. The molecule has 0 radical (unpaired) electrons. The van der Waals surface area contributed by atoms with Gasteiger partial charge in [-0.1, -0.05) is 24.3 Å². The van der Waals surface area contributed by atoms with Crippen LogP contribution in [0, 0.1) is 17.1 Å². The molecular formula is C21H19FN2O4. The van der Waals surface area contributed by atoms with E-state index in [-0.39, 0.29) is 11.3 Å². The van der Waals surface area contributed by atoms with Crippen LogP contribution in [0.25, 0.3) is 6.08 Å². The van der Waals surface area contributed by atoms with Gasteiger partial charge in [-0.3, -0.25) is 4.79 Å². The molecule has 0 unspecified atom stereocenters. The predicted molar refractivity (Wildman–Crippen MR) is 102 cm³/mol. The van der Waals surface area contributed by atoms with E-state index in [9.17, 15) is 19.2 Å². The maximum absolute atomic E-state index is 13.6. The number of carbonyl (C=O) groups is 2. The zero-order chi connectivity index (χ0) is 20.5. The van der Waals surface area contributed by atoms with Crippen molar-refractivity contribution in [3.05, 3.63) is 65.5 Å². The van der Waals surface area contributed by atoms with Gasteiger partial charge >= 0.3 is 5.97 Å². The van der Waals surface area contributed by atoms with Crippen LogP contribution in [0.4, 0.5) is 10.1 Å². The number of nitrogens with zero attached hydrogens (tertiary/aromatic N) is 1. The van der Waals surface area contributed by atoms with Crippen molar-refractivity contribution in [2.45, 2.75) is 20.0 Å². The number of amides is 1. The van der Waals surface area contributed by atoms with Gasteiger partial charge in [0, 0.05) is 0 Å². The molecule has 0 aromatic heterocycles. The average Bonchev–Trinajstić information content (AvgIpc) is 2.69. The van der Waals surface area contributed by atoms with Gasteiger partial charge in [0.25, 0.3) is 5.91 Å². The Morgan fingerprint density at radius 2 is 1.89 bits per heavy atom. The van der Waals surface area contributed by atoms with E-state index in [4.69, 9.17) is 9.47 Å². The molecule has 2 aromatic carbocycles. The first-order valence-electron chi connectivity index (χ1n) is 8.55. The molecule has 0 spiro atoms. The summed E-state index contributed by atoms with van der Waals surface area (Å²) in [6.07, 6.45) is 0.128. The molecule has 2 aromatic rings. The number of esters is 1. The summed E-state index contributed by atoms with van der Waals surface area (Å²) in [4.78, 5) is 24.3. The molecule has 0 fully saturated rings. The molecule has 0 aliphatic carbocycles. The van der Waals surface area contributed by atoms with E-state index >= 15 is 0 Å². The first-order valence-corrected chi connectivity index (χ1v) is 8.55. The zero-order valence-corrected chi connectivity index (χ0v) is 15.4. The molecule has 2 rings (SSSR count).